The maximum atomic E-state index is 12.7. The third-order valence-corrected chi connectivity index (χ3v) is 4.83. The van der Waals surface area contributed by atoms with Gasteiger partial charge in [0.15, 0.2) is 0 Å². The third kappa shape index (κ3) is 4.15. The Kier molecular flexibility index (Phi) is 5.46. The summed E-state index contributed by atoms with van der Waals surface area (Å²) in [6.07, 6.45) is 1.48. The molecule has 8 nitrogen and oxygen atoms in total. The van der Waals surface area contributed by atoms with Gasteiger partial charge in [-0.3, -0.25) is 4.79 Å². The highest BCUT2D eigenvalue weighted by Crippen LogP contribution is 2.27. The molecule has 1 aromatic heterocycles. The Morgan fingerprint density at radius 2 is 1.84 bits per heavy atom. The first-order chi connectivity index (χ1) is 15.0. The van der Waals surface area contributed by atoms with E-state index in [4.69, 9.17) is 16.3 Å². The number of hydrogen-bond acceptors (Lipinski definition) is 5. The minimum atomic E-state index is -0.539. The molecule has 0 aliphatic rings. The van der Waals surface area contributed by atoms with Crippen molar-refractivity contribution >= 4 is 45.8 Å². The van der Waals surface area contributed by atoms with Crippen molar-refractivity contribution < 1.29 is 19.4 Å². The van der Waals surface area contributed by atoms with E-state index in [-0.39, 0.29) is 11.3 Å². The van der Waals surface area contributed by atoms with E-state index in [9.17, 15) is 14.7 Å². The molecule has 3 aromatic carbocycles. The minimum Gasteiger partial charge on any atom is -0.507 e. The van der Waals surface area contributed by atoms with Crippen LogP contribution in [0.4, 0.5) is 16.2 Å². The van der Waals surface area contributed by atoms with Gasteiger partial charge in [0.25, 0.3) is 5.91 Å². The molecule has 2 amide bonds. The molecular formula is C22H17ClN4O4. The number of aromatic hydroxyl groups is 1. The molecule has 0 atom stereocenters. The van der Waals surface area contributed by atoms with Gasteiger partial charge >= 0.3 is 6.03 Å². The molecule has 156 valence electrons. The summed E-state index contributed by atoms with van der Waals surface area (Å²) in [5.41, 5.74) is 1.55. The molecule has 0 bridgehead atoms. The highest BCUT2D eigenvalue weighted by atomic mass is 35.5. The van der Waals surface area contributed by atoms with Crippen LogP contribution in [0, 0.1) is 0 Å². The Balaban J connectivity index is 1.59. The fourth-order valence-corrected chi connectivity index (χ4v) is 3.22. The topological polar surface area (TPSA) is 105 Å². The van der Waals surface area contributed by atoms with E-state index >= 15 is 0 Å². The second-order valence-electron chi connectivity index (χ2n) is 6.57. The number of nitrogens with zero attached hydrogens (tertiary/aromatic N) is 2. The van der Waals surface area contributed by atoms with E-state index in [1.165, 1.54) is 29.1 Å². The maximum absolute atomic E-state index is 12.7. The summed E-state index contributed by atoms with van der Waals surface area (Å²) in [6.45, 7) is 0. The molecule has 0 aliphatic heterocycles. The predicted octanol–water partition coefficient (Wildman–Crippen LogP) is 4.74. The maximum Gasteiger partial charge on any atom is 0.347 e. The minimum absolute atomic E-state index is 0.0362. The number of rotatable bonds is 4. The summed E-state index contributed by atoms with van der Waals surface area (Å²) >= 11 is 5.92. The van der Waals surface area contributed by atoms with Gasteiger partial charge in [0.05, 0.1) is 30.1 Å². The molecule has 9 heteroatoms. The zero-order valence-electron chi connectivity index (χ0n) is 16.3. The number of hydrogen-bond donors (Lipinski definition) is 3. The molecular weight excluding hydrogens is 420 g/mol. The van der Waals surface area contributed by atoms with E-state index < -0.39 is 11.9 Å². The normalized spacial score (nSPS) is 10.6. The van der Waals surface area contributed by atoms with Gasteiger partial charge in [-0.05, 0) is 54.6 Å². The average Bonchev–Trinajstić information content (AvgIpc) is 3.21. The Labute approximate surface area is 182 Å². The molecule has 0 saturated carbocycles. The van der Waals surface area contributed by atoms with E-state index in [1.54, 1.807) is 49.6 Å². The number of nitrogens with one attached hydrogen (secondary N) is 2. The number of ether oxygens (including phenoxy) is 1. The van der Waals surface area contributed by atoms with Crippen molar-refractivity contribution in [3.05, 3.63) is 77.4 Å². The van der Waals surface area contributed by atoms with Gasteiger partial charge in [-0.15, -0.1) is 0 Å². The van der Waals surface area contributed by atoms with Gasteiger partial charge in [0.2, 0.25) is 0 Å². The van der Waals surface area contributed by atoms with Gasteiger partial charge in [0.1, 0.15) is 11.5 Å². The van der Waals surface area contributed by atoms with Gasteiger partial charge in [-0.1, -0.05) is 17.7 Å². The lowest BCUT2D eigenvalue weighted by molar-refractivity contribution is 0.102. The van der Waals surface area contributed by atoms with Crippen LogP contribution < -0.4 is 15.4 Å². The number of benzene rings is 3. The third-order valence-electron chi connectivity index (χ3n) is 4.60. The largest absolute Gasteiger partial charge is 0.507 e. The van der Waals surface area contributed by atoms with Gasteiger partial charge in [-0.2, -0.15) is 9.78 Å². The Morgan fingerprint density at radius 3 is 2.58 bits per heavy atom. The van der Waals surface area contributed by atoms with E-state index in [0.717, 1.165) is 0 Å². The molecule has 31 heavy (non-hydrogen) atoms. The highest BCUT2D eigenvalue weighted by Gasteiger charge is 2.17. The first kappa shape index (κ1) is 20.2. The zero-order valence-corrected chi connectivity index (χ0v) is 17.1. The Hall–Kier alpha value is -4.04. The SMILES string of the molecule is COc1ccc(NC(=O)n2ncc3c(NC(=O)c4cc(Cl)ccc4O)cccc32)cc1. The molecule has 0 radical (unpaired) electrons. The summed E-state index contributed by atoms with van der Waals surface area (Å²) < 4.78 is 6.31. The summed E-state index contributed by atoms with van der Waals surface area (Å²) in [5.74, 6) is -0.0553. The van der Waals surface area contributed by atoms with Crippen molar-refractivity contribution in [3.8, 4) is 11.5 Å². The quantitative estimate of drug-likeness (QED) is 0.428. The number of fused-ring (bicyclic) bond motifs is 1. The molecule has 0 aliphatic carbocycles. The van der Waals surface area contributed by atoms with Crippen molar-refractivity contribution in [2.24, 2.45) is 0 Å². The number of anilines is 2. The molecule has 0 unspecified atom stereocenters. The lowest BCUT2D eigenvalue weighted by atomic mass is 10.1. The number of aromatic nitrogens is 2. The van der Waals surface area contributed by atoms with Crippen LogP contribution >= 0.6 is 11.6 Å². The first-order valence-corrected chi connectivity index (χ1v) is 9.56. The van der Waals surface area contributed by atoms with E-state index in [0.29, 0.717) is 33.0 Å². The smallest absolute Gasteiger partial charge is 0.347 e. The number of methoxy groups -OCH3 is 1. The summed E-state index contributed by atoms with van der Waals surface area (Å²) in [4.78, 5) is 25.3. The number of carbonyl (C=O) groups excluding carboxylic acids is 2. The first-order valence-electron chi connectivity index (χ1n) is 9.18. The molecule has 4 aromatic rings. The fourth-order valence-electron chi connectivity index (χ4n) is 3.05. The summed E-state index contributed by atoms with van der Waals surface area (Å²) in [5, 5.41) is 20.5. The predicted molar refractivity (Wildman–Crippen MR) is 118 cm³/mol. The van der Waals surface area contributed by atoms with Crippen LogP contribution in [0.15, 0.2) is 66.9 Å². The number of amides is 2. The van der Waals surface area contributed by atoms with Crippen LogP contribution in [0.25, 0.3) is 10.9 Å². The average molecular weight is 437 g/mol. The van der Waals surface area contributed by atoms with Crippen LogP contribution in [0.1, 0.15) is 10.4 Å². The lowest BCUT2D eigenvalue weighted by Gasteiger charge is -2.09. The standard InChI is InChI=1S/C22H17ClN4O4/c1-31-15-8-6-14(7-9-15)25-22(30)27-19-4-2-3-18(17(19)12-24-27)26-21(29)16-11-13(23)5-10-20(16)28/h2-12,28H,1H3,(H,25,30)(H,26,29). The highest BCUT2D eigenvalue weighted by molar-refractivity contribution is 6.31. The van der Waals surface area contributed by atoms with Crippen molar-refractivity contribution in [2.75, 3.05) is 17.7 Å². The molecule has 1 heterocycles. The van der Waals surface area contributed by atoms with Gasteiger partial charge < -0.3 is 20.5 Å². The molecule has 3 N–H and O–H groups in total. The van der Waals surface area contributed by atoms with Gasteiger partial charge in [0, 0.05) is 16.1 Å². The van der Waals surface area contributed by atoms with Crippen LogP contribution in [0.5, 0.6) is 11.5 Å². The molecule has 0 fully saturated rings. The number of carbonyl (C=O) groups is 2. The van der Waals surface area contributed by atoms with E-state index in [2.05, 4.69) is 15.7 Å². The summed E-state index contributed by atoms with van der Waals surface area (Å²) in [7, 11) is 1.56. The second kappa shape index (κ2) is 8.37. The number of halogens is 1. The lowest BCUT2D eigenvalue weighted by Crippen LogP contribution is -2.20. The van der Waals surface area contributed by atoms with Crippen molar-refractivity contribution in [1.82, 2.24) is 9.78 Å². The van der Waals surface area contributed by atoms with Crippen LogP contribution in [-0.4, -0.2) is 33.9 Å². The molecule has 4 rings (SSSR count). The van der Waals surface area contributed by atoms with Crippen LogP contribution in [-0.2, 0) is 0 Å². The fraction of sp³-hybridized carbons (Fsp3) is 0.0455. The zero-order chi connectivity index (χ0) is 22.0. The van der Waals surface area contributed by atoms with Crippen molar-refractivity contribution in [3.63, 3.8) is 0 Å². The Bertz CT molecular complexity index is 1280. The summed E-state index contributed by atoms with van der Waals surface area (Å²) in [6, 6.07) is 15.7. The number of phenols is 1. The molecule has 0 spiro atoms. The van der Waals surface area contributed by atoms with Crippen LogP contribution in [0.2, 0.25) is 5.02 Å². The molecule has 0 saturated heterocycles. The second-order valence-corrected chi connectivity index (χ2v) is 7.01. The van der Waals surface area contributed by atoms with E-state index in [1.807, 2.05) is 0 Å². The monoisotopic (exact) mass is 436 g/mol. The van der Waals surface area contributed by atoms with Crippen molar-refractivity contribution in [2.45, 2.75) is 0 Å². The van der Waals surface area contributed by atoms with Crippen molar-refractivity contribution in [1.29, 1.82) is 0 Å². The number of phenolic OH excluding ortho intramolecular Hbond substituents is 1. The van der Waals surface area contributed by atoms with Gasteiger partial charge in [-0.25, -0.2) is 4.79 Å². The Morgan fingerprint density at radius 1 is 1.06 bits per heavy atom. The van der Waals surface area contributed by atoms with Crippen LogP contribution in [0.3, 0.4) is 0 Å².